The molecule has 0 saturated carbocycles. The smallest absolute Gasteiger partial charge is 0.228 e. The summed E-state index contributed by atoms with van der Waals surface area (Å²) in [4.78, 5) is 0. The van der Waals surface area contributed by atoms with Gasteiger partial charge in [-0.2, -0.15) is 0 Å². The highest BCUT2D eigenvalue weighted by atomic mass is 16.5. The molecule has 200 valence electrons. The lowest BCUT2D eigenvalue weighted by Crippen LogP contribution is -2.32. The minimum atomic E-state index is 0.0590. The molecule has 0 aliphatic carbocycles. The first kappa shape index (κ1) is 22.1. The summed E-state index contributed by atoms with van der Waals surface area (Å²) in [6, 6.07) is 27.6. The monoisotopic (exact) mass is 535 g/mol. The topological polar surface area (TPSA) is 18.0 Å². The lowest BCUT2D eigenvalue weighted by Gasteiger charge is -2.28. The van der Waals surface area contributed by atoms with Gasteiger partial charge in [-0.25, -0.2) is 4.57 Å². The second-order valence-corrected chi connectivity index (χ2v) is 12.6. The van der Waals surface area contributed by atoms with Crippen molar-refractivity contribution >= 4 is 43.4 Å². The maximum Gasteiger partial charge on any atom is 0.228 e. The van der Waals surface area contributed by atoms with E-state index < -0.39 is 0 Å². The minimum absolute atomic E-state index is 0.0590. The molecule has 8 rings (SSSR count). The van der Waals surface area contributed by atoms with Crippen LogP contribution in [0.25, 0.3) is 60.3 Å². The van der Waals surface area contributed by atoms with Crippen LogP contribution in [0.2, 0.25) is 0 Å². The van der Waals surface area contributed by atoms with E-state index in [2.05, 4.69) is 92.5 Å². The van der Waals surface area contributed by atoms with Crippen LogP contribution in [0, 0.1) is 12.3 Å². The molecule has 0 amide bonds. The van der Waals surface area contributed by atoms with Crippen molar-refractivity contribution in [1.82, 2.24) is 4.57 Å². The Labute approximate surface area is 243 Å². The van der Waals surface area contributed by atoms with Gasteiger partial charge in [0.1, 0.15) is 18.5 Å². The zero-order valence-corrected chi connectivity index (χ0v) is 24.1. The van der Waals surface area contributed by atoms with Gasteiger partial charge in [0.2, 0.25) is 5.69 Å². The van der Waals surface area contributed by atoms with Crippen molar-refractivity contribution in [3.63, 3.8) is 0 Å². The van der Waals surface area contributed by atoms with Crippen LogP contribution in [0.4, 0.5) is 0 Å². The third-order valence-electron chi connectivity index (χ3n) is 8.54. The lowest BCUT2D eigenvalue weighted by molar-refractivity contribution is -0.659. The Morgan fingerprint density at radius 3 is 2.15 bits per heavy atom. The van der Waals surface area contributed by atoms with E-state index in [1.165, 1.54) is 21.9 Å². The predicted octanol–water partition coefficient (Wildman–Crippen LogP) is 9.58. The summed E-state index contributed by atoms with van der Waals surface area (Å²) in [7, 11) is 2.12. The fraction of sp³-hybridized carbons (Fsp3) is 0.184. The summed E-state index contributed by atoms with van der Waals surface area (Å²) < 4.78 is 29.1. The van der Waals surface area contributed by atoms with Gasteiger partial charge in [-0.15, -0.1) is 0 Å². The van der Waals surface area contributed by atoms with Crippen LogP contribution in [0.5, 0.6) is 11.5 Å². The molecule has 1 aliphatic heterocycles. The number of pyridine rings is 1. The zero-order chi connectivity index (χ0) is 29.8. The molecule has 0 saturated heterocycles. The van der Waals surface area contributed by atoms with Gasteiger partial charge in [0, 0.05) is 33.9 Å². The van der Waals surface area contributed by atoms with E-state index in [4.69, 9.17) is 7.48 Å². The van der Waals surface area contributed by atoms with Gasteiger partial charge >= 0.3 is 0 Å². The summed E-state index contributed by atoms with van der Waals surface area (Å²) in [5.41, 5.74) is 7.32. The summed E-state index contributed by atoms with van der Waals surface area (Å²) >= 11 is 0. The van der Waals surface area contributed by atoms with E-state index in [0.717, 1.165) is 67.4 Å². The number of nitrogens with zero attached hydrogens (tertiary/aromatic N) is 2. The zero-order valence-electron chi connectivity index (χ0n) is 26.1. The molecule has 7 aromatic rings. The van der Waals surface area contributed by atoms with Gasteiger partial charge in [0.15, 0.2) is 6.20 Å². The van der Waals surface area contributed by atoms with E-state index >= 15 is 0 Å². The molecule has 0 bridgehead atoms. The molecule has 2 aromatic heterocycles. The summed E-state index contributed by atoms with van der Waals surface area (Å²) in [6.07, 6.45) is 3.01. The van der Waals surface area contributed by atoms with Gasteiger partial charge in [-0.05, 0) is 53.2 Å². The van der Waals surface area contributed by atoms with Crippen molar-refractivity contribution in [2.45, 2.75) is 34.1 Å². The molecule has 0 N–H and O–H groups in total. The van der Waals surface area contributed by atoms with Crippen LogP contribution >= 0.6 is 0 Å². The molecule has 5 aromatic carbocycles. The number of hydrogen-bond acceptors (Lipinski definition) is 1. The summed E-state index contributed by atoms with van der Waals surface area (Å²) in [5, 5.41) is 6.61. The molecule has 3 heterocycles. The number of ether oxygens (including phenoxy) is 1. The van der Waals surface area contributed by atoms with Crippen LogP contribution in [0.15, 0.2) is 97.1 Å². The Bertz CT molecular complexity index is 2270. The first-order valence-electron chi connectivity index (χ1n) is 15.3. The number of rotatable bonds is 2. The van der Waals surface area contributed by atoms with Gasteiger partial charge in [0.25, 0.3) is 0 Å². The predicted molar refractivity (Wildman–Crippen MR) is 170 cm³/mol. The van der Waals surface area contributed by atoms with Crippen molar-refractivity contribution < 1.29 is 12.0 Å². The third-order valence-corrected chi connectivity index (χ3v) is 8.54. The van der Waals surface area contributed by atoms with Gasteiger partial charge in [-0.3, -0.25) is 0 Å². The second kappa shape index (κ2) is 8.44. The Kier molecular flexibility index (Phi) is 4.55. The number of para-hydroxylation sites is 2. The van der Waals surface area contributed by atoms with Crippen molar-refractivity contribution in [2.24, 2.45) is 12.5 Å². The van der Waals surface area contributed by atoms with E-state index in [1.807, 2.05) is 36.4 Å². The van der Waals surface area contributed by atoms with Crippen molar-refractivity contribution in [2.75, 3.05) is 0 Å². The highest BCUT2D eigenvalue weighted by molar-refractivity contribution is 6.11. The fourth-order valence-electron chi connectivity index (χ4n) is 6.86. The van der Waals surface area contributed by atoms with Gasteiger partial charge in [0.05, 0.1) is 30.4 Å². The number of aryl methyl sites for hydroxylation is 2. The Morgan fingerprint density at radius 2 is 1.46 bits per heavy atom. The van der Waals surface area contributed by atoms with Gasteiger partial charge in [-0.1, -0.05) is 81.4 Å². The maximum atomic E-state index is 8.88. The summed E-state index contributed by atoms with van der Waals surface area (Å²) in [5.74, 6) is 1.74. The fourth-order valence-corrected chi connectivity index (χ4v) is 6.86. The first-order valence-corrected chi connectivity index (χ1v) is 14.3. The Balaban J connectivity index is 1.50. The van der Waals surface area contributed by atoms with Crippen molar-refractivity contribution in [3.8, 4) is 28.4 Å². The molecule has 0 radical (unpaired) electrons. The minimum Gasteiger partial charge on any atom is -0.455 e. The molecule has 0 spiro atoms. The van der Waals surface area contributed by atoms with E-state index in [0.29, 0.717) is 12.1 Å². The quantitative estimate of drug-likeness (QED) is 0.202. The Hall–Kier alpha value is -4.63. The molecule has 0 unspecified atom stereocenters. The van der Waals surface area contributed by atoms with Gasteiger partial charge < -0.3 is 9.30 Å². The highest BCUT2D eigenvalue weighted by Crippen LogP contribution is 2.52. The van der Waals surface area contributed by atoms with E-state index in [9.17, 15) is 0 Å². The SMILES string of the molecule is [2H]c1cccc2c3cccc([2H])c3n(-c3cc4c5c([n+](C)ccc5c3)-c3c(c(CC(C)(C)C)c5ccccc5c3C)O4)c12. The molecular formula is C38H33N2O+. The molecule has 3 heteroatoms. The standard InChI is InChI=1S/C38H33N2O/c1-23-26-12-6-7-13-27(26)30(22-38(2,3)4)37-34(23)36-35-24(18-19-39(36)5)20-25(21-33(35)41-37)40-31-16-10-8-14-28(31)29-15-9-11-17-32(29)40/h6-21H,22H2,1-5H3/q+1/i16D,17D. The number of hydrogen-bond donors (Lipinski definition) is 0. The first-order chi connectivity index (χ1) is 20.6. The number of fused-ring (bicyclic) bond motifs is 6. The molecule has 1 aliphatic rings. The van der Waals surface area contributed by atoms with Crippen molar-refractivity contribution in [3.05, 3.63) is 108 Å². The molecular weight excluding hydrogens is 500 g/mol. The number of benzene rings is 5. The van der Waals surface area contributed by atoms with Crippen LogP contribution < -0.4 is 9.30 Å². The normalized spacial score (nSPS) is 13.5. The van der Waals surface area contributed by atoms with Crippen LogP contribution in [0.3, 0.4) is 0 Å². The average Bonchev–Trinajstić information content (AvgIpc) is 3.33. The Morgan fingerprint density at radius 1 is 0.829 bits per heavy atom. The molecule has 41 heavy (non-hydrogen) atoms. The van der Waals surface area contributed by atoms with Crippen LogP contribution in [0.1, 0.15) is 34.6 Å². The van der Waals surface area contributed by atoms with E-state index in [-0.39, 0.29) is 5.41 Å². The lowest BCUT2D eigenvalue weighted by atomic mass is 9.82. The molecule has 0 fully saturated rings. The molecule has 3 nitrogen and oxygen atoms in total. The van der Waals surface area contributed by atoms with Crippen LogP contribution in [-0.4, -0.2) is 4.57 Å². The second-order valence-electron chi connectivity index (χ2n) is 12.6. The maximum absolute atomic E-state index is 8.88. The van der Waals surface area contributed by atoms with E-state index in [1.54, 1.807) is 0 Å². The van der Waals surface area contributed by atoms with Crippen LogP contribution in [-0.2, 0) is 13.5 Å². The molecule has 0 atom stereocenters. The highest BCUT2D eigenvalue weighted by Gasteiger charge is 2.34. The largest absolute Gasteiger partial charge is 0.455 e. The third kappa shape index (κ3) is 3.48. The number of aromatic nitrogens is 2. The average molecular weight is 536 g/mol. The summed E-state index contributed by atoms with van der Waals surface area (Å²) in [6.45, 7) is 9.06. The van der Waals surface area contributed by atoms with Crippen molar-refractivity contribution in [1.29, 1.82) is 0 Å².